The van der Waals surface area contributed by atoms with Gasteiger partial charge in [-0.3, -0.25) is 0 Å². The Balaban J connectivity index is 1.49. The Morgan fingerprint density at radius 2 is 1.95 bits per heavy atom. The number of carbonyl (C=O) groups excluding carboxylic acids is 1. The zero-order valence-electron chi connectivity index (χ0n) is 13.9. The van der Waals surface area contributed by atoms with E-state index < -0.39 is 5.60 Å². The summed E-state index contributed by atoms with van der Waals surface area (Å²) in [6.07, 6.45) is 9.55. The Bertz CT molecular complexity index is 520. The van der Waals surface area contributed by atoms with Crippen molar-refractivity contribution in [2.45, 2.75) is 64.5 Å². The second-order valence-electron chi connectivity index (χ2n) is 7.60. The number of amides is 1. The van der Waals surface area contributed by atoms with E-state index in [2.05, 4.69) is 15.7 Å². The Labute approximate surface area is 132 Å². The lowest BCUT2D eigenvalue weighted by atomic mass is 9.93. The van der Waals surface area contributed by atoms with Gasteiger partial charge in [0.2, 0.25) is 0 Å². The molecule has 1 saturated heterocycles. The van der Waals surface area contributed by atoms with E-state index in [1.54, 1.807) is 0 Å². The smallest absolute Gasteiger partial charge is 0.410 e. The minimum Gasteiger partial charge on any atom is -0.444 e. The largest absolute Gasteiger partial charge is 0.444 e. The summed E-state index contributed by atoms with van der Waals surface area (Å²) in [5.41, 5.74) is -0.414. The molecule has 0 atom stereocenters. The van der Waals surface area contributed by atoms with Gasteiger partial charge < -0.3 is 14.2 Å². The predicted octanol–water partition coefficient (Wildman–Crippen LogP) is 3.41. The van der Waals surface area contributed by atoms with Crippen LogP contribution in [0, 0.1) is 5.92 Å². The third kappa shape index (κ3) is 3.81. The molecule has 2 heterocycles. The van der Waals surface area contributed by atoms with Crippen molar-refractivity contribution in [2.75, 3.05) is 13.1 Å². The fourth-order valence-corrected chi connectivity index (χ4v) is 3.09. The number of hydrogen-bond acceptors (Lipinski definition) is 3. The van der Waals surface area contributed by atoms with Crippen molar-refractivity contribution < 1.29 is 9.53 Å². The van der Waals surface area contributed by atoms with E-state index in [1.165, 1.54) is 18.7 Å². The fourth-order valence-electron chi connectivity index (χ4n) is 3.09. The van der Waals surface area contributed by atoms with Gasteiger partial charge in [-0.15, -0.1) is 0 Å². The van der Waals surface area contributed by atoms with Gasteiger partial charge in [0.25, 0.3) is 0 Å². The van der Waals surface area contributed by atoms with E-state index >= 15 is 0 Å². The third-order valence-electron chi connectivity index (χ3n) is 4.43. The van der Waals surface area contributed by atoms with E-state index in [0.29, 0.717) is 12.0 Å². The third-order valence-corrected chi connectivity index (χ3v) is 4.43. The molecule has 1 aromatic heterocycles. The summed E-state index contributed by atoms with van der Waals surface area (Å²) in [6, 6.07) is 0.694. The quantitative estimate of drug-likeness (QED) is 0.860. The first-order valence-electron chi connectivity index (χ1n) is 8.42. The zero-order valence-corrected chi connectivity index (χ0v) is 13.9. The number of nitrogens with zero attached hydrogens (tertiary/aromatic N) is 3. The van der Waals surface area contributed by atoms with E-state index in [-0.39, 0.29) is 6.09 Å². The van der Waals surface area contributed by atoms with Crippen LogP contribution < -0.4 is 0 Å². The van der Waals surface area contributed by atoms with Gasteiger partial charge in [-0.25, -0.2) is 9.78 Å². The van der Waals surface area contributed by atoms with Crippen molar-refractivity contribution in [1.29, 1.82) is 0 Å². The van der Waals surface area contributed by atoms with Crippen LogP contribution in [0.1, 0.15) is 58.3 Å². The maximum Gasteiger partial charge on any atom is 0.410 e. The lowest BCUT2D eigenvalue weighted by Crippen LogP contribution is -2.42. The van der Waals surface area contributed by atoms with Crippen molar-refractivity contribution >= 4 is 6.09 Å². The summed E-state index contributed by atoms with van der Waals surface area (Å²) in [5, 5.41) is 0. The topological polar surface area (TPSA) is 47.4 Å². The molecular formula is C17H27N3O2. The molecule has 1 aliphatic heterocycles. The van der Waals surface area contributed by atoms with Crippen molar-refractivity contribution in [1.82, 2.24) is 14.5 Å². The summed E-state index contributed by atoms with van der Waals surface area (Å²) in [7, 11) is 0. The van der Waals surface area contributed by atoms with Gasteiger partial charge in [0.1, 0.15) is 11.4 Å². The van der Waals surface area contributed by atoms with E-state index in [9.17, 15) is 4.79 Å². The number of ether oxygens (including phenoxy) is 1. The van der Waals surface area contributed by atoms with Crippen LogP contribution >= 0.6 is 0 Å². The number of likely N-dealkylation sites (tertiary alicyclic amines) is 1. The summed E-state index contributed by atoms with van der Waals surface area (Å²) in [4.78, 5) is 18.5. The number of hydrogen-bond donors (Lipinski definition) is 0. The van der Waals surface area contributed by atoms with Crippen molar-refractivity contribution in [2.24, 2.45) is 5.92 Å². The summed E-state index contributed by atoms with van der Waals surface area (Å²) < 4.78 is 7.80. The highest BCUT2D eigenvalue weighted by atomic mass is 16.6. The van der Waals surface area contributed by atoms with Crippen LogP contribution in [0.2, 0.25) is 0 Å². The number of aromatic nitrogens is 2. The molecule has 1 aliphatic carbocycles. The molecule has 0 aromatic carbocycles. The summed E-state index contributed by atoms with van der Waals surface area (Å²) in [5.74, 6) is 1.84. The molecule has 3 rings (SSSR count). The molecule has 22 heavy (non-hydrogen) atoms. The van der Waals surface area contributed by atoms with Gasteiger partial charge in [0.15, 0.2) is 0 Å². The monoisotopic (exact) mass is 305 g/mol. The van der Waals surface area contributed by atoms with Crippen LogP contribution in [-0.2, 0) is 11.2 Å². The van der Waals surface area contributed by atoms with E-state index in [4.69, 9.17) is 4.74 Å². The van der Waals surface area contributed by atoms with Crippen molar-refractivity contribution in [3.63, 3.8) is 0 Å². The Morgan fingerprint density at radius 1 is 1.27 bits per heavy atom. The molecule has 5 heteroatoms. The first-order chi connectivity index (χ1) is 10.4. The second-order valence-corrected chi connectivity index (χ2v) is 7.60. The molecule has 0 N–H and O–H groups in total. The van der Waals surface area contributed by atoms with Crippen LogP contribution in [0.25, 0.3) is 0 Å². The minimum absolute atomic E-state index is 0.176. The molecule has 1 amide bonds. The standard InChI is InChI=1S/C17H27N3O2/c1-17(2,3)22-16(21)19-9-6-13(7-10-19)12-15-18-8-11-20(15)14-4-5-14/h8,11,13-14H,4-7,9-10,12H2,1-3H3. The maximum absolute atomic E-state index is 12.1. The van der Waals surface area contributed by atoms with Gasteiger partial charge in [-0.1, -0.05) is 0 Å². The SMILES string of the molecule is CC(C)(C)OC(=O)N1CCC(Cc2nccn2C2CC2)CC1. The van der Waals surface area contributed by atoms with Gasteiger partial charge in [0, 0.05) is 37.9 Å². The van der Waals surface area contributed by atoms with Crippen molar-refractivity contribution in [3.8, 4) is 0 Å². The maximum atomic E-state index is 12.1. The summed E-state index contributed by atoms with van der Waals surface area (Å²) >= 11 is 0. The van der Waals surface area contributed by atoms with Gasteiger partial charge in [-0.2, -0.15) is 0 Å². The van der Waals surface area contributed by atoms with Crippen LogP contribution in [0.15, 0.2) is 12.4 Å². The van der Waals surface area contributed by atoms with Crippen LogP contribution in [0.5, 0.6) is 0 Å². The minimum atomic E-state index is -0.414. The average molecular weight is 305 g/mol. The number of piperidine rings is 1. The highest BCUT2D eigenvalue weighted by molar-refractivity contribution is 5.68. The predicted molar refractivity (Wildman–Crippen MR) is 84.7 cm³/mol. The highest BCUT2D eigenvalue weighted by Crippen LogP contribution is 2.36. The second kappa shape index (κ2) is 5.94. The zero-order chi connectivity index (χ0) is 15.7. The van der Waals surface area contributed by atoms with Crippen LogP contribution in [-0.4, -0.2) is 39.2 Å². The lowest BCUT2D eigenvalue weighted by molar-refractivity contribution is 0.0183. The number of carbonyl (C=O) groups is 1. The normalized spacial score (nSPS) is 20.2. The Kier molecular flexibility index (Phi) is 4.15. The Hall–Kier alpha value is -1.52. The van der Waals surface area contributed by atoms with E-state index in [1.807, 2.05) is 31.9 Å². The molecular weight excluding hydrogens is 278 g/mol. The molecule has 0 spiro atoms. The lowest BCUT2D eigenvalue weighted by Gasteiger charge is -2.33. The molecule has 122 valence electrons. The molecule has 2 aliphatic rings. The number of rotatable bonds is 3. The molecule has 2 fully saturated rings. The highest BCUT2D eigenvalue weighted by Gasteiger charge is 2.29. The molecule has 0 unspecified atom stereocenters. The average Bonchev–Trinajstić information content (AvgIpc) is 3.18. The molecule has 1 saturated carbocycles. The van der Waals surface area contributed by atoms with Crippen molar-refractivity contribution in [3.05, 3.63) is 18.2 Å². The van der Waals surface area contributed by atoms with E-state index in [0.717, 1.165) is 32.4 Å². The fraction of sp³-hybridized carbons (Fsp3) is 0.765. The van der Waals surface area contributed by atoms with Crippen LogP contribution in [0.3, 0.4) is 0 Å². The van der Waals surface area contributed by atoms with Gasteiger partial charge in [-0.05, 0) is 52.4 Å². The molecule has 0 radical (unpaired) electrons. The Morgan fingerprint density at radius 3 is 2.55 bits per heavy atom. The first kappa shape index (κ1) is 15.4. The molecule has 5 nitrogen and oxygen atoms in total. The van der Waals surface area contributed by atoms with Gasteiger partial charge in [0.05, 0.1) is 0 Å². The molecule has 0 bridgehead atoms. The first-order valence-corrected chi connectivity index (χ1v) is 8.42. The van der Waals surface area contributed by atoms with Gasteiger partial charge >= 0.3 is 6.09 Å². The summed E-state index contributed by atoms with van der Waals surface area (Å²) in [6.45, 7) is 7.33. The number of imidazole rings is 1. The molecule has 1 aromatic rings. The van der Waals surface area contributed by atoms with Crippen LogP contribution in [0.4, 0.5) is 4.79 Å².